The van der Waals surface area contributed by atoms with E-state index in [1.54, 1.807) is 30.7 Å². The Balaban J connectivity index is 1.62. The van der Waals surface area contributed by atoms with Gasteiger partial charge in [-0.1, -0.05) is 12.1 Å². The number of methoxy groups -OCH3 is 1. The van der Waals surface area contributed by atoms with E-state index in [0.29, 0.717) is 29.1 Å². The van der Waals surface area contributed by atoms with Crippen LogP contribution in [0, 0.1) is 0 Å². The van der Waals surface area contributed by atoms with Crippen LogP contribution in [0.1, 0.15) is 18.4 Å². The molecular formula is C21H23N3O5S. The number of nitrogens with one attached hydrogen (secondary N) is 1. The molecule has 1 amide bonds. The molecule has 2 aromatic heterocycles. The third-order valence-electron chi connectivity index (χ3n) is 5.19. The van der Waals surface area contributed by atoms with Crippen molar-refractivity contribution in [2.75, 3.05) is 20.3 Å². The van der Waals surface area contributed by atoms with Crippen LogP contribution >= 0.6 is 11.3 Å². The molecule has 1 atom stereocenters. The number of nitrogens with zero attached hydrogens (tertiary/aromatic N) is 2. The number of hydrogen-bond acceptors (Lipinski definition) is 6. The van der Waals surface area contributed by atoms with E-state index in [0.717, 1.165) is 18.4 Å². The van der Waals surface area contributed by atoms with Crippen LogP contribution in [0.15, 0.2) is 45.3 Å². The highest BCUT2D eigenvalue weighted by molar-refractivity contribution is 7.17. The van der Waals surface area contributed by atoms with Gasteiger partial charge in [-0.05, 0) is 42.0 Å². The van der Waals surface area contributed by atoms with Crippen LogP contribution in [0.3, 0.4) is 0 Å². The first-order chi connectivity index (χ1) is 14.6. The Bertz CT molecular complexity index is 1160. The highest BCUT2D eigenvalue weighted by atomic mass is 32.1. The smallest absolute Gasteiger partial charge is 0.332 e. The van der Waals surface area contributed by atoms with Crippen LogP contribution < -0.4 is 21.3 Å². The monoisotopic (exact) mass is 429 g/mol. The van der Waals surface area contributed by atoms with Crippen molar-refractivity contribution in [2.45, 2.75) is 32.0 Å². The Hall–Kier alpha value is -2.91. The summed E-state index contributed by atoms with van der Waals surface area (Å²) in [5.41, 5.74) is 0.416. The second-order valence-electron chi connectivity index (χ2n) is 7.18. The summed E-state index contributed by atoms with van der Waals surface area (Å²) < 4.78 is 13.7. The highest BCUT2D eigenvalue weighted by Crippen LogP contribution is 2.16. The quantitative estimate of drug-likeness (QED) is 0.616. The van der Waals surface area contributed by atoms with Crippen molar-refractivity contribution >= 4 is 27.5 Å². The molecular weight excluding hydrogens is 406 g/mol. The maximum absolute atomic E-state index is 13.1. The van der Waals surface area contributed by atoms with E-state index in [2.05, 4.69) is 5.32 Å². The molecule has 3 aromatic rings. The summed E-state index contributed by atoms with van der Waals surface area (Å²) in [5, 5.41) is 4.59. The molecule has 1 fully saturated rings. The number of amides is 1. The van der Waals surface area contributed by atoms with E-state index in [4.69, 9.17) is 9.47 Å². The zero-order valence-electron chi connectivity index (χ0n) is 16.6. The lowest BCUT2D eigenvalue weighted by Crippen LogP contribution is -2.43. The Morgan fingerprint density at radius 3 is 2.73 bits per heavy atom. The first kappa shape index (κ1) is 20.4. The number of carbonyl (C=O) groups is 1. The maximum atomic E-state index is 13.1. The van der Waals surface area contributed by atoms with Gasteiger partial charge in [-0.25, -0.2) is 4.79 Å². The van der Waals surface area contributed by atoms with Crippen molar-refractivity contribution in [1.82, 2.24) is 14.5 Å². The summed E-state index contributed by atoms with van der Waals surface area (Å²) in [6, 6.07) is 8.88. The molecule has 0 spiro atoms. The summed E-state index contributed by atoms with van der Waals surface area (Å²) in [4.78, 5) is 38.5. The fraction of sp³-hybridized carbons (Fsp3) is 0.381. The van der Waals surface area contributed by atoms with Gasteiger partial charge in [0.1, 0.15) is 17.0 Å². The second-order valence-corrected chi connectivity index (χ2v) is 8.10. The molecule has 9 heteroatoms. The van der Waals surface area contributed by atoms with Gasteiger partial charge in [0.25, 0.3) is 5.56 Å². The van der Waals surface area contributed by atoms with E-state index in [-0.39, 0.29) is 30.7 Å². The van der Waals surface area contributed by atoms with E-state index < -0.39 is 5.69 Å². The van der Waals surface area contributed by atoms with Crippen LogP contribution in [0.25, 0.3) is 10.2 Å². The van der Waals surface area contributed by atoms with Crippen LogP contribution in [0.4, 0.5) is 0 Å². The third-order valence-corrected chi connectivity index (χ3v) is 6.08. The lowest BCUT2D eigenvalue weighted by atomic mass is 10.2. The number of aromatic nitrogens is 2. The zero-order chi connectivity index (χ0) is 21.1. The van der Waals surface area contributed by atoms with Crippen molar-refractivity contribution in [3.63, 3.8) is 0 Å². The van der Waals surface area contributed by atoms with Crippen molar-refractivity contribution in [1.29, 1.82) is 0 Å². The minimum atomic E-state index is -0.506. The number of carbonyl (C=O) groups excluding carboxylic acids is 1. The van der Waals surface area contributed by atoms with Gasteiger partial charge in [-0.2, -0.15) is 0 Å². The number of benzene rings is 1. The first-order valence-electron chi connectivity index (χ1n) is 9.79. The molecule has 0 aliphatic carbocycles. The van der Waals surface area contributed by atoms with E-state index in [1.807, 2.05) is 12.1 Å². The average molecular weight is 429 g/mol. The molecule has 0 unspecified atom stereocenters. The fourth-order valence-electron chi connectivity index (χ4n) is 3.57. The molecule has 1 aromatic carbocycles. The summed E-state index contributed by atoms with van der Waals surface area (Å²) in [7, 11) is 1.58. The summed E-state index contributed by atoms with van der Waals surface area (Å²) in [6.45, 7) is 1.10. The predicted octanol–water partition coefficient (Wildman–Crippen LogP) is 1.58. The van der Waals surface area contributed by atoms with Crippen molar-refractivity contribution in [2.24, 2.45) is 0 Å². The molecule has 1 aliphatic rings. The number of thiophene rings is 1. The average Bonchev–Trinajstić information content (AvgIpc) is 3.45. The number of fused-ring (bicyclic) bond motifs is 1. The molecule has 3 heterocycles. The van der Waals surface area contributed by atoms with Crippen LogP contribution in [0.2, 0.25) is 0 Å². The van der Waals surface area contributed by atoms with Gasteiger partial charge in [0.2, 0.25) is 5.91 Å². The fourth-order valence-corrected chi connectivity index (χ4v) is 4.41. The van der Waals surface area contributed by atoms with Gasteiger partial charge in [-0.15, -0.1) is 11.3 Å². The molecule has 158 valence electrons. The zero-order valence-corrected chi connectivity index (χ0v) is 17.4. The SMILES string of the molecule is COc1ccc(Cn2c(=O)c3sccc3n(CC(=O)NC[C@@H]3CCCO3)c2=O)cc1. The molecule has 1 aliphatic heterocycles. The summed E-state index contributed by atoms with van der Waals surface area (Å²) >= 11 is 1.26. The first-order valence-corrected chi connectivity index (χ1v) is 10.7. The highest BCUT2D eigenvalue weighted by Gasteiger charge is 2.19. The van der Waals surface area contributed by atoms with Crippen LogP contribution in [-0.4, -0.2) is 41.4 Å². The lowest BCUT2D eigenvalue weighted by molar-refractivity contribution is -0.122. The third kappa shape index (κ3) is 4.17. The number of rotatable bonds is 7. The van der Waals surface area contributed by atoms with Crippen molar-refractivity contribution in [3.05, 3.63) is 62.1 Å². The molecule has 0 radical (unpaired) electrons. The molecule has 8 nitrogen and oxygen atoms in total. The van der Waals surface area contributed by atoms with Crippen molar-refractivity contribution in [3.8, 4) is 5.75 Å². The Labute approximate surface area is 176 Å². The molecule has 1 N–H and O–H groups in total. The lowest BCUT2D eigenvalue weighted by Gasteiger charge is -2.14. The van der Waals surface area contributed by atoms with Crippen molar-refractivity contribution < 1.29 is 14.3 Å². The van der Waals surface area contributed by atoms with Gasteiger partial charge < -0.3 is 14.8 Å². The topological polar surface area (TPSA) is 91.6 Å². The minimum Gasteiger partial charge on any atom is -0.497 e. The molecule has 0 saturated carbocycles. The van der Waals surface area contributed by atoms with E-state index in [9.17, 15) is 14.4 Å². The predicted molar refractivity (Wildman–Crippen MR) is 114 cm³/mol. The van der Waals surface area contributed by atoms with Crippen LogP contribution in [-0.2, 0) is 22.6 Å². The molecule has 4 rings (SSSR count). The largest absolute Gasteiger partial charge is 0.497 e. The van der Waals surface area contributed by atoms with E-state index in [1.165, 1.54) is 20.5 Å². The molecule has 30 heavy (non-hydrogen) atoms. The second kappa shape index (κ2) is 8.85. The minimum absolute atomic E-state index is 0.0239. The standard InChI is InChI=1S/C21H23N3O5S/c1-28-15-6-4-14(5-7-15)12-24-20(26)19-17(8-10-30-19)23(21(24)27)13-18(25)22-11-16-3-2-9-29-16/h4-8,10,16H,2-3,9,11-13H2,1H3,(H,22,25)/t16-/m0/s1. The van der Waals surface area contributed by atoms with E-state index >= 15 is 0 Å². The Morgan fingerprint density at radius 2 is 2.03 bits per heavy atom. The molecule has 1 saturated heterocycles. The molecule has 0 bridgehead atoms. The normalized spacial score (nSPS) is 16.1. The summed E-state index contributed by atoms with van der Waals surface area (Å²) in [5.74, 6) is 0.412. The Kier molecular flexibility index (Phi) is 6.01. The maximum Gasteiger partial charge on any atom is 0.332 e. The number of ether oxygens (including phenoxy) is 2. The summed E-state index contributed by atoms with van der Waals surface area (Å²) in [6.07, 6.45) is 1.93. The van der Waals surface area contributed by atoms with Gasteiger partial charge in [-0.3, -0.25) is 18.7 Å². The van der Waals surface area contributed by atoms with Gasteiger partial charge in [0.05, 0.1) is 25.3 Å². The van der Waals surface area contributed by atoms with Crippen LogP contribution in [0.5, 0.6) is 5.75 Å². The van der Waals surface area contributed by atoms with Gasteiger partial charge in [0.15, 0.2) is 0 Å². The van der Waals surface area contributed by atoms with Gasteiger partial charge >= 0.3 is 5.69 Å². The number of hydrogen-bond donors (Lipinski definition) is 1. The Morgan fingerprint density at radius 1 is 1.23 bits per heavy atom. The van der Waals surface area contributed by atoms with Gasteiger partial charge in [0, 0.05) is 13.2 Å².